The zero-order valence-electron chi connectivity index (χ0n) is 11.2. The summed E-state index contributed by atoms with van der Waals surface area (Å²) in [5.41, 5.74) is 0. The van der Waals surface area contributed by atoms with E-state index in [1.807, 2.05) is 0 Å². The molecule has 2 aliphatic rings. The van der Waals surface area contributed by atoms with Crippen LogP contribution in [0.4, 0.5) is 4.79 Å². The molecule has 2 unspecified atom stereocenters. The summed E-state index contributed by atoms with van der Waals surface area (Å²) in [7, 11) is 0. The van der Waals surface area contributed by atoms with Gasteiger partial charge in [-0.05, 0) is 19.4 Å². The lowest BCUT2D eigenvalue weighted by Crippen LogP contribution is -2.51. The largest absolute Gasteiger partial charge is 0.479 e. The quantitative estimate of drug-likeness (QED) is 0.494. The van der Waals surface area contributed by atoms with E-state index in [1.165, 1.54) is 12.8 Å². The highest BCUT2D eigenvalue weighted by Gasteiger charge is 2.32. The van der Waals surface area contributed by atoms with E-state index < -0.39 is 18.1 Å². The van der Waals surface area contributed by atoms with Gasteiger partial charge in [0.15, 0.2) is 6.10 Å². The van der Waals surface area contributed by atoms with Gasteiger partial charge in [-0.3, -0.25) is 4.90 Å². The van der Waals surface area contributed by atoms with Gasteiger partial charge in [0.2, 0.25) is 0 Å². The van der Waals surface area contributed by atoms with Gasteiger partial charge in [0, 0.05) is 19.1 Å². The van der Waals surface area contributed by atoms with E-state index in [0.717, 1.165) is 13.1 Å². The smallest absolute Gasteiger partial charge is 0.334 e. The zero-order chi connectivity index (χ0) is 14.5. The van der Waals surface area contributed by atoms with Crippen molar-refractivity contribution in [2.45, 2.75) is 31.1 Å². The number of hydrogen-bond donors (Lipinski definition) is 4. The van der Waals surface area contributed by atoms with Gasteiger partial charge in [-0.15, -0.1) is 0 Å². The highest BCUT2D eigenvalue weighted by molar-refractivity contribution is 5.76. The van der Waals surface area contributed by atoms with E-state index in [9.17, 15) is 9.59 Å². The maximum atomic E-state index is 11.4. The minimum absolute atomic E-state index is 0.0421. The number of carboxylic acids is 1. The number of carbonyl (C=O) groups is 2. The number of ether oxygens (including phenoxy) is 1. The second-order valence-corrected chi connectivity index (χ2v) is 5.19. The van der Waals surface area contributed by atoms with Crippen molar-refractivity contribution in [2.24, 2.45) is 0 Å². The average molecular weight is 287 g/mol. The van der Waals surface area contributed by atoms with E-state index in [4.69, 9.17) is 14.9 Å². The molecule has 3 atom stereocenters. The van der Waals surface area contributed by atoms with E-state index in [-0.39, 0.29) is 12.6 Å². The fourth-order valence-electron chi connectivity index (χ4n) is 2.55. The van der Waals surface area contributed by atoms with Crippen LogP contribution in [-0.4, -0.2) is 78.1 Å². The molecule has 2 aliphatic heterocycles. The van der Waals surface area contributed by atoms with Crippen molar-refractivity contribution in [3.63, 3.8) is 0 Å². The molecule has 0 radical (unpaired) electrons. The first-order valence-electron chi connectivity index (χ1n) is 6.84. The Morgan fingerprint density at radius 1 is 1.40 bits per heavy atom. The number of carboxylic acid groups (broad SMARTS) is 1. The number of urea groups is 1. The summed E-state index contributed by atoms with van der Waals surface area (Å²) in [6, 6.07) is 0.0169. The number of aliphatic carboxylic acids is 1. The lowest BCUT2D eigenvalue weighted by Gasteiger charge is -2.35. The van der Waals surface area contributed by atoms with Crippen LogP contribution >= 0.6 is 0 Å². The van der Waals surface area contributed by atoms with Gasteiger partial charge in [0.25, 0.3) is 0 Å². The molecule has 4 N–H and O–H groups in total. The molecular formula is C12H21N3O5. The summed E-state index contributed by atoms with van der Waals surface area (Å²) in [6.45, 7) is 2.65. The lowest BCUT2D eigenvalue weighted by atomic mass is 10.2. The first-order valence-corrected chi connectivity index (χ1v) is 6.84. The summed E-state index contributed by atoms with van der Waals surface area (Å²) in [6.07, 6.45) is 0.742. The number of morpholine rings is 1. The molecule has 2 fully saturated rings. The van der Waals surface area contributed by atoms with E-state index >= 15 is 0 Å². The Bertz CT molecular complexity index is 365. The summed E-state index contributed by atoms with van der Waals surface area (Å²) >= 11 is 0. The summed E-state index contributed by atoms with van der Waals surface area (Å²) in [5, 5.41) is 22.4. The molecule has 0 spiro atoms. The Morgan fingerprint density at radius 2 is 2.20 bits per heavy atom. The molecule has 8 nitrogen and oxygen atoms in total. The highest BCUT2D eigenvalue weighted by Crippen LogP contribution is 2.22. The standard InChI is InChI=1S/C12H21N3O5/c16-10(11(17)18)5-14-12(19)13-4-9-6-15-3-1-2-8(15)7-20-9/h8-10,16H,1-7H2,(H,17,18)(H2,13,14,19)/t8?,9?,10-/m0/s1. The van der Waals surface area contributed by atoms with Crippen LogP contribution in [0.5, 0.6) is 0 Å². The number of nitrogens with zero attached hydrogens (tertiary/aromatic N) is 1. The molecule has 0 aromatic carbocycles. The Hall–Kier alpha value is -1.38. The lowest BCUT2D eigenvalue weighted by molar-refractivity contribution is -0.146. The minimum Gasteiger partial charge on any atom is -0.479 e. The van der Waals surface area contributed by atoms with Gasteiger partial charge in [-0.1, -0.05) is 0 Å². The molecular weight excluding hydrogens is 266 g/mol. The van der Waals surface area contributed by atoms with Crippen molar-refractivity contribution in [3.05, 3.63) is 0 Å². The van der Waals surface area contributed by atoms with Crippen LogP contribution in [0.2, 0.25) is 0 Å². The SMILES string of the molecule is O=C(NCC1CN2CCCC2CO1)NC[C@H](O)C(=O)O. The summed E-state index contributed by atoms with van der Waals surface area (Å²) in [4.78, 5) is 24.2. The third-order valence-electron chi connectivity index (χ3n) is 3.69. The van der Waals surface area contributed by atoms with Gasteiger partial charge >= 0.3 is 12.0 Å². The van der Waals surface area contributed by atoms with Crippen molar-refractivity contribution in [3.8, 4) is 0 Å². The molecule has 20 heavy (non-hydrogen) atoms. The molecule has 2 heterocycles. The summed E-state index contributed by atoms with van der Waals surface area (Å²) < 4.78 is 5.68. The Kier molecular flexibility index (Phi) is 5.16. The van der Waals surface area contributed by atoms with Gasteiger partial charge in [0.1, 0.15) is 0 Å². The van der Waals surface area contributed by atoms with E-state index in [0.29, 0.717) is 19.2 Å². The Balaban J connectivity index is 1.62. The first kappa shape index (κ1) is 15.0. The van der Waals surface area contributed by atoms with Crippen molar-refractivity contribution in [1.29, 1.82) is 0 Å². The third-order valence-corrected chi connectivity index (χ3v) is 3.69. The number of hydrogen-bond acceptors (Lipinski definition) is 5. The Morgan fingerprint density at radius 3 is 2.95 bits per heavy atom. The number of carbonyl (C=O) groups excluding carboxylic acids is 1. The molecule has 8 heteroatoms. The number of nitrogens with one attached hydrogen (secondary N) is 2. The third kappa shape index (κ3) is 4.06. The first-order chi connectivity index (χ1) is 9.56. The molecule has 2 amide bonds. The molecule has 0 bridgehead atoms. The highest BCUT2D eigenvalue weighted by atomic mass is 16.5. The molecule has 114 valence electrons. The molecule has 2 rings (SSSR count). The van der Waals surface area contributed by atoms with Crippen molar-refractivity contribution < 1.29 is 24.5 Å². The minimum atomic E-state index is -1.59. The molecule has 0 aliphatic carbocycles. The van der Waals surface area contributed by atoms with Crippen molar-refractivity contribution >= 4 is 12.0 Å². The molecule has 0 aromatic rings. The average Bonchev–Trinajstić information content (AvgIpc) is 2.89. The van der Waals surface area contributed by atoms with Gasteiger partial charge in [-0.25, -0.2) is 9.59 Å². The number of amides is 2. The van der Waals surface area contributed by atoms with Crippen LogP contribution in [0.3, 0.4) is 0 Å². The van der Waals surface area contributed by atoms with E-state index in [1.54, 1.807) is 0 Å². The number of rotatable bonds is 5. The van der Waals surface area contributed by atoms with Crippen molar-refractivity contribution in [1.82, 2.24) is 15.5 Å². The van der Waals surface area contributed by atoms with Gasteiger partial charge in [-0.2, -0.15) is 0 Å². The monoisotopic (exact) mass is 287 g/mol. The second-order valence-electron chi connectivity index (χ2n) is 5.19. The molecule has 0 saturated carbocycles. The number of aliphatic hydroxyl groups excluding tert-OH is 1. The predicted octanol–water partition coefficient (Wildman–Crippen LogP) is -1.41. The van der Waals surface area contributed by atoms with Crippen LogP contribution in [0.15, 0.2) is 0 Å². The van der Waals surface area contributed by atoms with Gasteiger partial charge < -0.3 is 25.6 Å². The topological polar surface area (TPSA) is 111 Å². The van der Waals surface area contributed by atoms with E-state index in [2.05, 4.69) is 15.5 Å². The number of aliphatic hydroxyl groups is 1. The number of fused-ring (bicyclic) bond motifs is 1. The second kappa shape index (κ2) is 6.87. The van der Waals surface area contributed by atoms with Crippen molar-refractivity contribution in [2.75, 3.05) is 32.8 Å². The van der Waals surface area contributed by atoms with Crippen LogP contribution in [0.25, 0.3) is 0 Å². The Labute approximate surface area is 117 Å². The molecule has 0 aromatic heterocycles. The normalized spacial score (nSPS) is 27.6. The predicted molar refractivity (Wildman–Crippen MR) is 69.4 cm³/mol. The zero-order valence-corrected chi connectivity index (χ0v) is 11.2. The fraction of sp³-hybridized carbons (Fsp3) is 0.833. The fourth-order valence-corrected chi connectivity index (χ4v) is 2.55. The van der Waals surface area contributed by atoms with Crippen LogP contribution in [0, 0.1) is 0 Å². The maximum Gasteiger partial charge on any atom is 0.334 e. The van der Waals surface area contributed by atoms with Crippen LogP contribution < -0.4 is 10.6 Å². The molecule has 2 saturated heterocycles. The van der Waals surface area contributed by atoms with Crippen LogP contribution in [0.1, 0.15) is 12.8 Å². The summed E-state index contributed by atoms with van der Waals surface area (Å²) in [5.74, 6) is -1.36. The maximum absolute atomic E-state index is 11.4. The van der Waals surface area contributed by atoms with Crippen LogP contribution in [-0.2, 0) is 9.53 Å². The van der Waals surface area contributed by atoms with Gasteiger partial charge in [0.05, 0.1) is 19.3 Å².